The molecule has 0 aromatic carbocycles. The molecule has 86 valence electrons. The van der Waals surface area contributed by atoms with Crippen LogP contribution in [0.4, 0.5) is 0 Å². The normalized spacial score (nSPS) is 42.8. The van der Waals surface area contributed by atoms with Crippen LogP contribution in [0, 0.1) is 5.92 Å². The summed E-state index contributed by atoms with van der Waals surface area (Å²) in [7, 11) is 0. The maximum Gasteiger partial charge on any atom is 0.114 e. The zero-order valence-corrected chi connectivity index (χ0v) is 8.96. The van der Waals surface area contributed by atoms with Gasteiger partial charge in [0.1, 0.15) is 12.3 Å². The molecule has 3 atom stereocenters. The Morgan fingerprint density at radius 3 is 2.60 bits per heavy atom. The molecule has 1 saturated carbocycles. The minimum absolute atomic E-state index is 0.213. The number of nitrogens with one attached hydrogen (secondary N) is 4. The van der Waals surface area contributed by atoms with Crippen LogP contribution >= 0.6 is 0 Å². The summed E-state index contributed by atoms with van der Waals surface area (Å²) < 4.78 is 0. The van der Waals surface area contributed by atoms with Crippen molar-refractivity contribution in [3.8, 4) is 0 Å². The lowest BCUT2D eigenvalue weighted by Crippen LogP contribution is -2.65. The fourth-order valence-electron chi connectivity index (χ4n) is 2.97. The summed E-state index contributed by atoms with van der Waals surface area (Å²) >= 11 is 0. The van der Waals surface area contributed by atoms with Gasteiger partial charge in [0.25, 0.3) is 0 Å². The Labute approximate surface area is 90.2 Å². The van der Waals surface area contributed by atoms with Crippen LogP contribution in [0.2, 0.25) is 0 Å². The largest absolute Gasteiger partial charge is 0.296 e. The summed E-state index contributed by atoms with van der Waals surface area (Å²) in [6.45, 7) is 1.05. The fraction of sp³-hybridized carbons (Fsp3) is 1.00. The first-order chi connectivity index (χ1) is 7.43. The predicted molar refractivity (Wildman–Crippen MR) is 56.4 cm³/mol. The zero-order valence-electron chi connectivity index (χ0n) is 8.96. The van der Waals surface area contributed by atoms with Crippen molar-refractivity contribution in [3.05, 3.63) is 0 Å². The van der Waals surface area contributed by atoms with Crippen molar-refractivity contribution < 1.29 is 4.94 Å². The van der Waals surface area contributed by atoms with Gasteiger partial charge in [-0.2, -0.15) is 11.0 Å². The number of rotatable bonds is 1. The lowest BCUT2D eigenvalue weighted by Gasteiger charge is -2.38. The second kappa shape index (κ2) is 4.35. The van der Waals surface area contributed by atoms with E-state index in [1.807, 2.05) is 0 Å². The Morgan fingerprint density at radius 1 is 0.933 bits per heavy atom. The van der Waals surface area contributed by atoms with Gasteiger partial charge < -0.3 is 0 Å². The average molecular weight is 212 g/mol. The van der Waals surface area contributed by atoms with Crippen LogP contribution in [0.15, 0.2) is 0 Å². The van der Waals surface area contributed by atoms with Crippen LogP contribution in [0.1, 0.15) is 32.1 Å². The molecule has 4 N–H and O–H groups in total. The Kier molecular flexibility index (Phi) is 2.90. The first-order valence-electron chi connectivity index (χ1n) is 6.10. The van der Waals surface area contributed by atoms with Crippen molar-refractivity contribution in [1.82, 2.24) is 21.6 Å². The maximum atomic E-state index is 5.00. The van der Waals surface area contributed by atoms with E-state index in [0.717, 1.165) is 12.5 Å². The Morgan fingerprint density at radius 2 is 1.73 bits per heavy atom. The molecule has 3 aliphatic rings. The van der Waals surface area contributed by atoms with Crippen molar-refractivity contribution >= 4 is 0 Å². The molecule has 3 fully saturated rings. The van der Waals surface area contributed by atoms with Crippen molar-refractivity contribution in [1.29, 1.82) is 0 Å². The van der Waals surface area contributed by atoms with Gasteiger partial charge in [0, 0.05) is 12.6 Å². The van der Waals surface area contributed by atoms with E-state index in [0.29, 0.717) is 6.04 Å². The van der Waals surface area contributed by atoms with E-state index < -0.39 is 0 Å². The van der Waals surface area contributed by atoms with Crippen molar-refractivity contribution in [2.75, 3.05) is 6.54 Å². The molecule has 5 nitrogen and oxygen atoms in total. The Balaban J connectivity index is 1.58. The van der Waals surface area contributed by atoms with Gasteiger partial charge in [-0.05, 0) is 18.8 Å². The summed E-state index contributed by atoms with van der Waals surface area (Å²) in [6, 6.07) is 0.600. The summed E-state index contributed by atoms with van der Waals surface area (Å²) in [5.74, 6) is 0.842. The summed E-state index contributed by atoms with van der Waals surface area (Å²) in [5, 5.41) is 7.09. The standard InChI is InChI=1S/C10H20N4O/c1-2-4-7(5-3-1)8-6-11-9-10(12-8)14-15-13-9/h7-14H,1-6H2. The number of fused-ring (bicyclic) bond motifs is 1. The molecule has 15 heavy (non-hydrogen) atoms. The first-order valence-corrected chi connectivity index (χ1v) is 6.10. The van der Waals surface area contributed by atoms with Crippen molar-refractivity contribution in [3.63, 3.8) is 0 Å². The van der Waals surface area contributed by atoms with Gasteiger partial charge in [0.05, 0.1) is 0 Å². The van der Waals surface area contributed by atoms with E-state index in [1.165, 1.54) is 32.1 Å². The highest BCUT2D eigenvalue weighted by molar-refractivity contribution is 4.92. The van der Waals surface area contributed by atoms with Gasteiger partial charge in [-0.3, -0.25) is 10.6 Å². The molecule has 0 bridgehead atoms. The molecule has 3 unspecified atom stereocenters. The molecule has 0 aromatic rings. The van der Waals surface area contributed by atoms with E-state index in [9.17, 15) is 0 Å². The molecule has 2 aliphatic heterocycles. The molecule has 2 heterocycles. The van der Waals surface area contributed by atoms with Crippen LogP contribution in [0.3, 0.4) is 0 Å². The number of piperazine rings is 1. The third-order valence-corrected chi connectivity index (χ3v) is 3.88. The number of hydroxylamine groups is 2. The molecule has 5 heteroatoms. The van der Waals surface area contributed by atoms with Crippen LogP contribution in [-0.4, -0.2) is 24.9 Å². The number of hydrogen-bond donors (Lipinski definition) is 4. The minimum atomic E-state index is 0.213. The first kappa shape index (κ1) is 9.99. The Hall–Kier alpha value is -0.200. The molecule has 0 amide bonds. The maximum absolute atomic E-state index is 5.00. The van der Waals surface area contributed by atoms with Gasteiger partial charge in [-0.1, -0.05) is 19.3 Å². The van der Waals surface area contributed by atoms with E-state index in [-0.39, 0.29) is 12.3 Å². The fourth-order valence-corrected chi connectivity index (χ4v) is 2.97. The van der Waals surface area contributed by atoms with Gasteiger partial charge in [0.15, 0.2) is 0 Å². The van der Waals surface area contributed by atoms with Crippen LogP contribution in [0.25, 0.3) is 0 Å². The molecule has 3 rings (SSSR count). The van der Waals surface area contributed by atoms with E-state index in [4.69, 9.17) is 4.94 Å². The molecule has 2 saturated heterocycles. The lowest BCUT2D eigenvalue weighted by atomic mass is 9.83. The van der Waals surface area contributed by atoms with Crippen molar-refractivity contribution in [2.45, 2.75) is 50.5 Å². The molecule has 0 radical (unpaired) electrons. The SMILES string of the molecule is C1CCC(C2CNC3NONC3N2)CC1. The molecular weight excluding hydrogens is 192 g/mol. The van der Waals surface area contributed by atoms with Gasteiger partial charge in [-0.25, -0.2) is 4.94 Å². The summed E-state index contributed by atoms with van der Waals surface area (Å²) in [4.78, 5) is 5.00. The summed E-state index contributed by atoms with van der Waals surface area (Å²) in [5.41, 5.74) is 5.84. The highest BCUT2D eigenvalue weighted by atomic mass is 16.8. The van der Waals surface area contributed by atoms with Crippen LogP contribution in [-0.2, 0) is 4.94 Å². The van der Waals surface area contributed by atoms with Crippen LogP contribution in [0.5, 0.6) is 0 Å². The van der Waals surface area contributed by atoms with Crippen molar-refractivity contribution in [2.24, 2.45) is 5.92 Å². The average Bonchev–Trinajstić information content (AvgIpc) is 2.77. The third kappa shape index (κ3) is 2.03. The zero-order chi connectivity index (χ0) is 10.1. The second-order valence-electron chi connectivity index (χ2n) is 4.87. The Bertz CT molecular complexity index is 219. The topological polar surface area (TPSA) is 57.4 Å². The lowest BCUT2D eigenvalue weighted by molar-refractivity contribution is 0.00634. The second-order valence-corrected chi connectivity index (χ2v) is 4.87. The van der Waals surface area contributed by atoms with Gasteiger partial charge in [-0.15, -0.1) is 0 Å². The number of hydrogen-bond acceptors (Lipinski definition) is 5. The van der Waals surface area contributed by atoms with E-state index in [1.54, 1.807) is 0 Å². The summed E-state index contributed by atoms with van der Waals surface area (Å²) in [6.07, 6.45) is 7.41. The predicted octanol–water partition coefficient (Wildman–Crippen LogP) is -0.180. The van der Waals surface area contributed by atoms with E-state index in [2.05, 4.69) is 21.6 Å². The van der Waals surface area contributed by atoms with Gasteiger partial charge in [0.2, 0.25) is 0 Å². The molecule has 0 aromatic heterocycles. The molecular formula is C10H20N4O. The van der Waals surface area contributed by atoms with E-state index >= 15 is 0 Å². The molecule has 1 aliphatic carbocycles. The van der Waals surface area contributed by atoms with Crippen LogP contribution < -0.4 is 21.6 Å². The minimum Gasteiger partial charge on any atom is -0.296 e. The molecule has 0 spiro atoms. The highest BCUT2D eigenvalue weighted by Crippen LogP contribution is 2.27. The highest BCUT2D eigenvalue weighted by Gasteiger charge is 2.36. The van der Waals surface area contributed by atoms with Gasteiger partial charge >= 0.3 is 0 Å². The smallest absolute Gasteiger partial charge is 0.114 e. The monoisotopic (exact) mass is 212 g/mol. The third-order valence-electron chi connectivity index (χ3n) is 3.88. The quantitative estimate of drug-likeness (QED) is 0.486.